The number of aromatic amines is 1. The second-order valence-electron chi connectivity index (χ2n) is 5.95. The Kier molecular flexibility index (Phi) is 4.93. The highest BCUT2D eigenvalue weighted by Gasteiger charge is 2.26. The Bertz CT molecular complexity index is 711. The molecule has 0 atom stereocenters. The van der Waals surface area contributed by atoms with Gasteiger partial charge in [-0.15, -0.1) is 0 Å². The van der Waals surface area contributed by atoms with Crippen LogP contribution >= 0.6 is 0 Å². The van der Waals surface area contributed by atoms with Crippen LogP contribution in [0.25, 0.3) is 0 Å². The average molecular weight is 325 g/mol. The summed E-state index contributed by atoms with van der Waals surface area (Å²) >= 11 is 0. The van der Waals surface area contributed by atoms with E-state index in [1.54, 1.807) is 12.3 Å². The smallest absolute Gasteiger partial charge is 0.291 e. The molecule has 2 aromatic rings. The lowest BCUT2D eigenvalue weighted by Gasteiger charge is -2.20. The van der Waals surface area contributed by atoms with Gasteiger partial charge < -0.3 is 4.90 Å². The van der Waals surface area contributed by atoms with Crippen molar-refractivity contribution < 1.29 is 4.79 Å². The van der Waals surface area contributed by atoms with Gasteiger partial charge in [0, 0.05) is 30.4 Å². The zero-order valence-corrected chi connectivity index (χ0v) is 14.1. The van der Waals surface area contributed by atoms with E-state index in [-0.39, 0.29) is 5.91 Å². The predicted octanol–water partition coefficient (Wildman–Crippen LogP) is 2.90. The zero-order valence-electron chi connectivity index (χ0n) is 14.1. The van der Waals surface area contributed by atoms with Crippen molar-refractivity contribution in [2.45, 2.75) is 32.6 Å². The Hall–Kier alpha value is -2.63. The number of aromatic nitrogens is 2. The Labute approximate surface area is 142 Å². The molecule has 1 aromatic heterocycles. The molecule has 0 aliphatic heterocycles. The third-order valence-electron chi connectivity index (χ3n) is 4.25. The molecule has 1 aliphatic carbocycles. The number of H-pyrrole nitrogens is 1. The number of benzene rings is 1. The molecule has 1 saturated carbocycles. The maximum absolute atomic E-state index is 12.0. The minimum atomic E-state index is -0.297. The molecule has 0 bridgehead atoms. The molecule has 6 nitrogen and oxygen atoms in total. The highest BCUT2D eigenvalue weighted by atomic mass is 16.2. The van der Waals surface area contributed by atoms with E-state index < -0.39 is 0 Å². The molecule has 1 aliphatic rings. The number of nitrogens with zero attached hydrogens (tertiary/aromatic N) is 3. The van der Waals surface area contributed by atoms with Gasteiger partial charge in [0.2, 0.25) is 0 Å². The number of carbonyl (C=O) groups is 1. The van der Waals surface area contributed by atoms with Crippen molar-refractivity contribution in [2.75, 3.05) is 18.0 Å². The molecular weight excluding hydrogens is 302 g/mol. The van der Waals surface area contributed by atoms with Crippen molar-refractivity contribution in [1.82, 2.24) is 15.6 Å². The van der Waals surface area contributed by atoms with Crippen molar-refractivity contribution >= 4 is 17.8 Å². The predicted molar refractivity (Wildman–Crippen MR) is 95.6 cm³/mol. The second kappa shape index (κ2) is 7.29. The topological polar surface area (TPSA) is 73.4 Å². The molecule has 0 spiro atoms. The standard InChI is InChI=1S/C18H23N5O/c1-3-23(4-2)15-9-5-13(6-10-15)12-19-22-18(24)17-11-16(20-21-17)14-7-8-14/h5-6,9-12,14H,3-4,7-8H2,1-2H3,(H,20,21)(H,22,24)/b19-12+. The summed E-state index contributed by atoms with van der Waals surface area (Å²) in [6.45, 7) is 6.23. The lowest BCUT2D eigenvalue weighted by Crippen LogP contribution is -2.21. The molecule has 0 unspecified atom stereocenters. The van der Waals surface area contributed by atoms with Gasteiger partial charge in [0.1, 0.15) is 0 Å². The average Bonchev–Trinajstić information content (AvgIpc) is 3.34. The molecule has 0 radical (unpaired) electrons. The van der Waals surface area contributed by atoms with Gasteiger partial charge in [-0.1, -0.05) is 12.1 Å². The number of nitrogens with one attached hydrogen (secondary N) is 2. The summed E-state index contributed by atoms with van der Waals surface area (Å²) in [6.07, 6.45) is 3.98. The van der Waals surface area contributed by atoms with Gasteiger partial charge in [0.05, 0.1) is 6.21 Å². The molecule has 1 fully saturated rings. The van der Waals surface area contributed by atoms with Crippen LogP contribution in [0.3, 0.4) is 0 Å². The van der Waals surface area contributed by atoms with E-state index in [1.165, 1.54) is 18.5 Å². The van der Waals surface area contributed by atoms with Crippen LogP contribution in [0.5, 0.6) is 0 Å². The van der Waals surface area contributed by atoms with E-state index in [0.29, 0.717) is 11.6 Å². The minimum Gasteiger partial charge on any atom is -0.372 e. The first-order chi connectivity index (χ1) is 11.7. The molecular formula is C18H23N5O. The van der Waals surface area contributed by atoms with Gasteiger partial charge in [0.25, 0.3) is 5.91 Å². The summed E-state index contributed by atoms with van der Waals surface area (Å²) in [4.78, 5) is 14.3. The summed E-state index contributed by atoms with van der Waals surface area (Å²) in [7, 11) is 0. The maximum Gasteiger partial charge on any atom is 0.291 e. The molecule has 6 heteroatoms. The molecule has 24 heavy (non-hydrogen) atoms. The Morgan fingerprint density at radius 1 is 1.33 bits per heavy atom. The SMILES string of the molecule is CCN(CC)c1ccc(/C=N/NC(=O)c2cc(C3CC3)[nH]n2)cc1. The largest absolute Gasteiger partial charge is 0.372 e. The fraction of sp³-hybridized carbons (Fsp3) is 0.389. The fourth-order valence-corrected chi connectivity index (χ4v) is 2.64. The van der Waals surface area contributed by atoms with Crippen LogP contribution in [0.2, 0.25) is 0 Å². The molecule has 1 heterocycles. The highest BCUT2D eigenvalue weighted by molar-refractivity contribution is 5.93. The van der Waals surface area contributed by atoms with Crippen LogP contribution in [0.4, 0.5) is 5.69 Å². The number of rotatable bonds is 7. The number of hydrogen-bond acceptors (Lipinski definition) is 4. The highest BCUT2D eigenvalue weighted by Crippen LogP contribution is 2.38. The maximum atomic E-state index is 12.0. The number of hydrazone groups is 1. The third-order valence-corrected chi connectivity index (χ3v) is 4.25. The van der Waals surface area contributed by atoms with Gasteiger partial charge in [-0.3, -0.25) is 9.89 Å². The number of carbonyl (C=O) groups excluding carboxylic acids is 1. The van der Waals surface area contributed by atoms with Crippen molar-refractivity contribution in [3.8, 4) is 0 Å². The molecule has 126 valence electrons. The molecule has 0 saturated heterocycles. The quantitative estimate of drug-likeness (QED) is 0.607. The van der Waals surface area contributed by atoms with E-state index in [4.69, 9.17) is 0 Å². The van der Waals surface area contributed by atoms with Crippen LogP contribution in [0, 0.1) is 0 Å². The molecule has 3 rings (SSSR count). The van der Waals surface area contributed by atoms with Crippen LogP contribution < -0.4 is 10.3 Å². The van der Waals surface area contributed by atoms with Crippen molar-refractivity contribution in [3.05, 3.63) is 47.3 Å². The van der Waals surface area contributed by atoms with Crippen LogP contribution in [0.15, 0.2) is 35.4 Å². The lowest BCUT2D eigenvalue weighted by molar-refractivity contribution is 0.0950. The summed E-state index contributed by atoms with van der Waals surface area (Å²) in [6, 6.07) is 9.91. The van der Waals surface area contributed by atoms with Gasteiger partial charge in [-0.2, -0.15) is 10.2 Å². The van der Waals surface area contributed by atoms with Crippen LogP contribution in [-0.4, -0.2) is 35.4 Å². The van der Waals surface area contributed by atoms with Crippen LogP contribution in [-0.2, 0) is 0 Å². The van der Waals surface area contributed by atoms with Crippen LogP contribution in [0.1, 0.15) is 54.4 Å². The lowest BCUT2D eigenvalue weighted by atomic mass is 10.2. The van der Waals surface area contributed by atoms with Gasteiger partial charge in [-0.05, 0) is 50.5 Å². The second-order valence-corrected chi connectivity index (χ2v) is 5.95. The van der Waals surface area contributed by atoms with Gasteiger partial charge in [0.15, 0.2) is 5.69 Å². The van der Waals surface area contributed by atoms with Gasteiger partial charge >= 0.3 is 0 Å². The number of amides is 1. The summed E-state index contributed by atoms with van der Waals surface area (Å²) < 4.78 is 0. The van der Waals surface area contributed by atoms with Crippen molar-refractivity contribution in [1.29, 1.82) is 0 Å². The number of hydrogen-bond donors (Lipinski definition) is 2. The third kappa shape index (κ3) is 3.82. The van der Waals surface area contributed by atoms with E-state index in [0.717, 1.165) is 24.3 Å². The normalized spacial score (nSPS) is 14.1. The van der Waals surface area contributed by atoms with E-state index in [1.807, 2.05) is 12.1 Å². The molecule has 2 N–H and O–H groups in total. The van der Waals surface area contributed by atoms with Crippen molar-refractivity contribution in [3.63, 3.8) is 0 Å². The summed E-state index contributed by atoms with van der Waals surface area (Å²) in [5, 5.41) is 11.0. The summed E-state index contributed by atoms with van der Waals surface area (Å²) in [5.41, 5.74) is 6.06. The van der Waals surface area contributed by atoms with Gasteiger partial charge in [-0.25, -0.2) is 5.43 Å². The first-order valence-corrected chi connectivity index (χ1v) is 8.45. The fourth-order valence-electron chi connectivity index (χ4n) is 2.64. The van der Waals surface area contributed by atoms with E-state index in [2.05, 4.69) is 51.6 Å². The Balaban J connectivity index is 1.56. The number of anilines is 1. The monoisotopic (exact) mass is 325 g/mol. The van der Waals surface area contributed by atoms with E-state index in [9.17, 15) is 4.79 Å². The molecule has 1 amide bonds. The minimum absolute atomic E-state index is 0.297. The Morgan fingerprint density at radius 3 is 2.67 bits per heavy atom. The van der Waals surface area contributed by atoms with E-state index >= 15 is 0 Å². The zero-order chi connectivity index (χ0) is 16.9. The summed E-state index contributed by atoms with van der Waals surface area (Å²) in [5.74, 6) is 0.251. The Morgan fingerprint density at radius 2 is 2.04 bits per heavy atom. The van der Waals surface area contributed by atoms with Crippen molar-refractivity contribution in [2.24, 2.45) is 5.10 Å². The molecule has 1 aromatic carbocycles. The first kappa shape index (κ1) is 16.2. The first-order valence-electron chi connectivity index (χ1n) is 8.45.